The van der Waals surface area contributed by atoms with Crippen molar-refractivity contribution in [3.8, 4) is 5.75 Å². The summed E-state index contributed by atoms with van der Waals surface area (Å²) >= 11 is 0. The summed E-state index contributed by atoms with van der Waals surface area (Å²) in [6, 6.07) is 4.38. The van der Waals surface area contributed by atoms with Crippen molar-refractivity contribution in [2.24, 2.45) is 11.7 Å². The highest BCUT2D eigenvalue weighted by Crippen LogP contribution is 2.27. The van der Waals surface area contributed by atoms with Gasteiger partial charge in [0.15, 0.2) is 11.6 Å². The van der Waals surface area contributed by atoms with Crippen LogP contribution < -0.4 is 15.8 Å². The van der Waals surface area contributed by atoms with Crippen LogP contribution >= 0.6 is 0 Å². The minimum absolute atomic E-state index is 0.0453. The summed E-state index contributed by atoms with van der Waals surface area (Å²) in [5, 5.41) is 2.77. The second-order valence-corrected chi connectivity index (χ2v) is 4.61. The Labute approximate surface area is 105 Å². The molecular weight excluding hydrogens is 235 g/mol. The lowest BCUT2D eigenvalue weighted by atomic mass is 10.1. The van der Waals surface area contributed by atoms with E-state index in [1.54, 1.807) is 0 Å². The van der Waals surface area contributed by atoms with E-state index in [9.17, 15) is 9.18 Å². The molecule has 0 aliphatic heterocycles. The van der Waals surface area contributed by atoms with Gasteiger partial charge in [-0.2, -0.15) is 0 Å². The van der Waals surface area contributed by atoms with Crippen molar-refractivity contribution in [3.05, 3.63) is 24.0 Å². The summed E-state index contributed by atoms with van der Waals surface area (Å²) in [6.07, 6.45) is 2.40. The monoisotopic (exact) mass is 252 g/mol. The van der Waals surface area contributed by atoms with Gasteiger partial charge < -0.3 is 15.8 Å². The normalized spacial score (nSPS) is 22.8. The van der Waals surface area contributed by atoms with Gasteiger partial charge in [-0.3, -0.25) is 4.79 Å². The van der Waals surface area contributed by atoms with Gasteiger partial charge >= 0.3 is 0 Å². The first-order valence-corrected chi connectivity index (χ1v) is 6.00. The van der Waals surface area contributed by atoms with Crippen LogP contribution in [0.1, 0.15) is 19.3 Å². The first kappa shape index (κ1) is 12.8. The Balaban J connectivity index is 2.03. The van der Waals surface area contributed by atoms with Crippen LogP contribution in [0.15, 0.2) is 18.2 Å². The second kappa shape index (κ2) is 5.35. The van der Waals surface area contributed by atoms with E-state index in [1.807, 2.05) is 0 Å². The summed E-state index contributed by atoms with van der Waals surface area (Å²) in [5.74, 6) is -0.429. The Morgan fingerprint density at radius 3 is 2.89 bits per heavy atom. The molecule has 18 heavy (non-hydrogen) atoms. The predicted octanol–water partition coefficient (Wildman–Crippen LogP) is 1.90. The van der Waals surface area contributed by atoms with E-state index in [4.69, 9.17) is 10.5 Å². The van der Waals surface area contributed by atoms with E-state index >= 15 is 0 Å². The molecule has 0 heterocycles. The van der Waals surface area contributed by atoms with Crippen LogP contribution in [0.4, 0.5) is 10.1 Å². The Morgan fingerprint density at radius 2 is 2.28 bits per heavy atom. The SMILES string of the molecule is COc1cc(NC(=O)C2CCC(N)C2)ccc1F. The number of halogens is 1. The molecule has 0 radical (unpaired) electrons. The van der Waals surface area contributed by atoms with Gasteiger partial charge in [-0.05, 0) is 31.4 Å². The minimum Gasteiger partial charge on any atom is -0.494 e. The zero-order chi connectivity index (χ0) is 13.1. The third-order valence-electron chi connectivity index (χ3n) is 3.26. The van der Waals surface area contributed by atoms with E-state index in [1.165, 1.54) is 25.3 Å². The van der Waals surface area contributed by atoms with Crippen molar-refractivity contribution in [1.29, 1.82) is 0 Å². The number of carbonyl (C=O) groups excluding carboxylic acids is 1. The number of amides is 1. The van der Waals surface area contributed by atoms with Crippen LogP contribution in [-0.4, -0.2) is 19.1 Å². The number of benzene rings is 1. The molecule has 98 valence electrons. The van der Waals surface area contributed by atoms with E-state index in [0.29, 0.717) is 12.1 Å². The van der Waals surface area contributed by atoms with E-state index in [2.05, 4.69) is 5.32 Å². The molecule has 1 saturated carbocycles. The number of rotatable bonds is 3. The number of nitrogens with two attached hydrogens (primary N) is 1. The van der Waals surface area contributed by atoms with Crippen molar-refractivity contribution in [3.63, 3.8) is 0 Å². The van der Waals surface area contributed by atoms with Crippen molar-refractivity contribution in [2.75, 3.05) is 12.4 Å². The van der Waals surface area contributed by atoms with Gasteiger partial charge in [0.2, 0.25) is 5.91 Å². The smallest absolute Gasteiger partial charge is 0.227 e. The van der Waals surface area contributed by atoms with Gasteiger partial charge in [0.05, 0.1) is 7.11 Å². The lowest BCUT2D eigenvalue weighted by Gasteiger charge is -2.11. The predicted molar refractivity (Wildman–Crippen MR) is 66.9 cm³/mol. The number of hydrogen-bond acceptors (Lipinski definition) is 3. The highest BCUT2D eigenvalue weighted by Gasteiger charge is 2.27. The maximum absolute atomic E-state index is 13.2. The van der Waals surface area contributed by atoms with Crippen LogP contribution in [0.2, 0.25) is 0 Å². The van der Waals surface area contributed by atoms with Crippen LogP contribution in [0, 0.1) is 11.7 Å². The number of carbonyl (C=O) groups is 1. The molecule has 0 aromatic heterocycles. The van der Waals surface area contributed by atoms with Gasteiger partial charge in [-0.15, -0.1) is 0 Å². The van der Waals surface area contributed by atoms with Crippen LogP contribution in [0.3, 0.4) is 0 Å². The molecule has 0 saturated heterocycles. The van der Waals surface area contributed by atoms with Crippen LogP contribution in [0.25, 0.3) is 0 Å². The highest BCUT2D eigenvalue weighted by atomic mass is 19.1. The van der Waals surface area contributed by atoms with E-state index < -0.39 is 5.82 Å². The Kier molecular flexibility index (Phi) is 3.81. The lowest BCUT2D eigenvalue weighted by Crippen LogP contribution is -2.23. The highest BCUT2D eigenvalue weighted by molar-refractivity contribution is 5.92. The van der Waals surface area contributed by atoms with E-state index in [-0.39, 0.29) is 23.6 Å². The topological polar surface area (TPSA) is 64.3 Å². The number of hydrogen-bond donors (Lipinski definition) is 2. The van der Waals surface area contributed by atoms with Crippen LogP contribution in [-0.2, 0) is 4.79 Å². The standard InChI is InChI=1S/C13H17FN2O2/c1-18-12-7-10(4-5-11(12)14)16-13(17)8-2-3-9(15)6-8/h4-5,7-9H,2-3,6,15H2,1H3,(H,16,17). The number of methoxy groups -OCH3 is 1. The molecule has 1 aliphatic carbocycles. The molecule has 1 aliphatic rings. The Morgan fingerprint density at radius 1 is 1.50 bits per heavy atom. The molecule has 0 spiro atoms. The quantitative estimate of drug-likeness (QED) is 0.863. The minimum atomic E-state index is -0.446. The molecule has 1 aromatic carbocycles. The molecule has 1 fully saturated rings. The average molecular weight is 252 g/mol. The molecule has 5 heteroatoms. The number of anilines is 1. The lowest BCUT2D eigenvalue weighted by molar-refractivity contribution is -0.119. The first-order chi connectivity index (χ1) is 8.60. The van der Waals surface area contributed by atoms with Crippen molar-refractivity contribution < 1.29 is 13.9 Å². The molecule has 2 atom stereocenters. The fourth-order valence-corrected chi connectivity index (χ4v) is 2.24. The zero-order valence-electron chi connectivity index (χ0n) is 10.3. The first-order valence-electron chi connectivity index (χ1n) is 6.00. The maximum Gasteiger partial charge on any atom is 0.227 e. The Bertz CT molecular complexity index is 451. The van der Waals surface area contributed by atoms with Crippen molar-refractivity contribution in [2.45, 2.75) is 25.3 Å². The van der Waals surface area contributed by atoms with Gasteiger partial charge in [-0.25, -0.2) is 4.39 Å². The van der Waals surface area contributed by atoms with Gasteiger partial charge in [0.25, 0.3) is 0 Å². The van der Waals surface area contributed by atoms with Gasteiger partial charge in [-0.1, -0.05) is 0 Å². The van der Waals surface area contributed by atoms with Crippen LogP contribution in [0.5, 0.6) is 5.75 Å². The van der Waals surface area contributed by atoms with Crippen molar-refractivity contribution >= 4 is 11.6 Å². The summed E-state index contributed by atoms with van der Waals surface area (Å²) < 4.78 is 18.1. The molecule has 2 rings (SSSR count). The summed E-state index contributed by atoms with van der Waals surface area (Å²) in [6.45, 7) is 0. The molecule has 1 aromatic rings. The zero-order valence-corrected chi connectivity index (χ0v) is 10.3. The number of nitrogens with one attached hydrogen (secondary N) is 1. The molecule has 4 nitrogen and oxygen atoms in total. The fourth-order valence-electron chi connectivity index (χ4n) is 2.24. The van der Waals surface area contributed by atoms with Gasteiger partial charge in [0.1, 0.15) is 0 Å². The third-order valence-corrected chi connectivity index (χ3v) is 3.26. The molecule has 0 bridgehead atoms. The second-order valence-electron chi connectivity index (χ2n) is 4.61. The number of ether oxygens (including phenoxy) is 1. The maximum atomic E-state index is 13.2. The fraction of sp³-hybridized carbons (Fsp3) is 0.462. The summed E-state index contributed by atoms with van der Waals surface area (Å²) in [5.41, 5.74) is 6.31. The van der Waals surface area contributed by atoms with E-state index in [0.717, 1.165) is 12.8 Å². The molecule has 2 unspecified atom stereocenters. The molecular formula is C13H17FN2O2. The third kappa shape index (κ3) is 2.79. The molecule has 3 N–H and O–H groups in total. The Hall–Kier alpha value is -1.62. The summed E-state index contributed by atoms with van der Waals surface area (Å²) in [4.78, 5) is 11.9. The van der Waals surface area contributed by atoms with Crippen molar-refractivity contribution in [1.82, 2.24) is 0 Å². The largest absolute Gasteiger partial charge is 0.494 e. The average Bonchev–Trinajstić information content (AvgIpc) is 2.78. The van der Waals surface area contributed by atoms with Gasteiger partial charge in [0, 0.05) is 23.7 Å². The molecule has 1 amide bonds. The summed E-state index contributed by atoms with van der Waals surface area (Å²) in [7, 11) is 1.39.